The van der Waals surface area contributed by atoms with Crippen molar-refractivity contribution in [3.63, 3.8) is 0 Å². The van der Waals surface area contributed by atoms with Gasteiger partial charge in [-0.05, 0) is 45.6 Å². The van der Waals surface area contributed by atoms with Gasteiger partial charge in [-0.15, -0.1) is 0 Å². The first-order valence-corrected chi connectivity index (χ1v) is 9.84. The molecule has 3 aliphatic rings. The van der Waals surface area contributed by atoms with Crippen LogP contribution in [0.4, 0.5) is 0 Å². The van der Waals surface area contributed by atoms with Gasteiger partial charge in [0.15, 0.2) is 5.96 Å². The molecular formula is C18H35N5O. The fraction of sp³-hybridized carbons (Fsp3) is 0.944. The Morgan fingerprint density at radius 3 is 2.67 bits per heavy atom. The Labute approximate surface area is 147 Å². The van der Waals surface area contributed by atoms with Gasteiger partial charge in [-0.1, -0.05) is 0 Å². The van der Waals surface area contributed by atoms with Crippen LogP contribution in [0.3, 0.4) is 0 Å². The molecule has 2 heterocycles. The average Bonchev–Trinajstić information content (AvgIpc) is 3.36. The number of hydrogen-bond donors (Lipinski definition) is 2. The third-order valence-corrected chi connectivity index (χ3v) is 5.47. The molecule has 3 rings (SSSR count). The standard InChI is InChI=1S/C18H35N5O/c1-3-19-18(20-12-15(2)22-8-10-24-11-9-22)21-13-16-6-7-23(14-16)17-4-5-17/h15-17H,3-14H2,1-2H3,(H2,19,20,21). The summed E-state index contributed by atoms with van der Waals surface area (Å²) in [5.74, 6) is 1.74. The van der Waals surface area contributed by atoms with Crippen molar-refractivity contribution >= 4 is 5.96 Å². The highest BCUT2D eigenvalue weighted by atomic mass is 16.5. The maximum atomic E-state index is 5.43. The maximum absolute atomic E-state index is 5.43. The number of likely N-dealkylation sites (tertiary alicyclic amines) is 1. The lowest BCUT2D eigenvalue weighted by Crippen LogP contribution is -2.45. The van der Waals surface area contributed by atoms with Gasteiger partial charge in [-0.3, -0.25) is 9.89 Å². The van der Waals surface area contributed by atoms with Crippen molar-refractivity contribution in [3.05, 3.63) is 0 Å². The highest BCUT2D eigenvalue weighted by Gasteiger charge is 2.34. The van der Waals surface area contributed by atoms with Crippen LogP contribution in [0.25, 0.3) is 0 Å². The lowest BCUT2D eigenvalue weighted by Gasteiger charge is -2.31. The first-order chi connectivity index (χ1) is 11.8. The third kappa shape index (κ3) is 5.33. The average molecular weight is 338 g/mol. The van der Waals surface area contributed by atoms with Gasteiger partial charge in [0, 0.05) is 44.8 Å². The molecule has 138 valence electrons. The number of rotatable bonds is 7. The van der Waals surface area contributed by atoms with Gasteiger partial charge in [-0.25, -0.2) is 0 Å². The van der Waals surface area contributed by atoms with Crippen LogP contribution in [-0.2, 0) is 4.74 Å². The Kier molecular flexibility index (Phi) is 6.75. The summed E-state index contributed by atoms with van der Waals surface area (Å²) in [6.07, 6.45) is 4.17. The van der Waals surface area contributed by atoms with Crippen molar-refractivity contribution in [1.82, 2.24) is 20.4 Å². The fourth-order valence-corrected chi connectivity index (χ4v) is 3.74. The molecule has 2 saturated heterocycles. The molecule has 6 nitrogen and oxygen atoms in total. The zero-order chi connectivity index (χ0) is 16.8. The Morgan fingerprint density at radius 2 is 1.96 bits per heavy atom. The SMILES string of the molecule is CCNC(=NCC(C)N1CCOCC1)NCC1CCN(C2CC2)C1. The molecule has 2 atom stereocenters. The van der Waals surface area contributed by atoms with Gasteiger partial charge in [0.05, 0.1) is 19.8 Å². The van der Waals surface area contributed by atoms with Crippen LogP contribution in [0.15, 0.2) is 4.99 Å². The molecule has 0 spiro atoms. The van der Waals surface area contributed by atoms with Gasteiger partial charge in [0.25, 0.3) is 0 Å². The maximum Gasteiger partial charge on any atom is 0.191 e. The van der Waals surface area contributed by atoms with E-state index in [4.69, 9.17) is 9.73 Å². The Balaban J connectivity index is 1.41. The van der Waals surface area contributed by atoms with Crippen LogP contribution in [0, 0.1) is 5.92 Å². The van der Waals surface area contributed by atoms with E-state index in [1.54, 1.807) is 0 Å². The van der Waals surface area contributed by atoms with Gasteiger partial charge < -0.3 is 20.3 Å². The summed E-state index contributed by atoms with van der Waals surface area (Å²) >= 11 is 0. The molecule has 0 aromatic carbocycles. The summed E-state index contributed by atoms with van der Waals surface area (Å²) < 4.78 is 5.43. The summed E-state index contributed by atoms with van der Waals surface area (Å²) in [4.78, 5) is 9.97. The number of hydrogen-bond acceptors (Lipinski definition) is 4. The number of aliphatic imine (C=N–C) groups is 1. The van der Waals surface area contributed by atoms with Crippen molar-refractivity contribution in [3.8, 4) is 0 Å². The summed E-state index contributed by atoms with van der Waals surface area (Å²) in [6, 6.07) is 1.38. The van der Waals surface area contributed by atoms with E-state index in [9.17, 15) is 0 Å². The molecule has 0 aromatic rings. The smallest absolute Gasteiger partial charge is 0.191 e. The molecule has 3 fully saturated rings. The summed E-state index contributed by atoms with van der Waals surface area (Å²) in [5, 5.41) is 6.96. The van der Waals surface area contributed by atoms with Crippen molar-refractivity contribution in [1.29, 1.82) is 0 Å². The fourth-order valence-electron chi connectivity index (χ4n) is 3.74. The van der Waals surface area contributed by atoms with Crippen molar-refractivity contribution in [2.75, 3.05) is 59.0 Å². The molecule has 0 bridgehead atoms. The second-order valence-electron chi connectivity index (χ2n) is 7.48. The van der Waals surface area contributed by atoms with Crippen molar-refractivity contribution < 1.29 is 4.74 Å². The van der Waals surface area contributed by atoms with Crippen LogP contribution in [-0.4, -0.2) is 86.9 Å². The molecule has 1 saturated carbocycles. The van der Waals surface area contributed by atoms with E-state index in [1.807, 2.05) is 0 Å². The van der Waals surface area contributed by atoms with Gasteiger partial charge in [-0.2, -0.15) is 0 Å². The Hall–Kier alpha value is -0.850. The molecule has 24 heavy (non-hydrogen) atoms. The molecular weight excluding hydrogens is 302 g/mol. The minimum Gasteiger partial charge on any atom is -0.379 e. The second kappa shape index (κ2) is 9.02. The van der Waals surface area contributed by atoms with Crippen LogP contribution < -0.4 is 10.6 Å². The van der Waals surface area contributed by atoms with E-state index in [2.05, 4.69) is 34.3 Å². The number of guanidine groups is 1. The number of morpholine rings is 1. The van der Waals surface area contributed by atoms with Gasteiger partial charge in [0.2, 0.25) is 0 Å². The summed E-state index contributed by atoms with van der Waals surface area (Å²) in [5.41, 5.74) is 0. The van der Waals surface area contributed by atoms with E-state index < -0.39 is 0 Å². The largest absolute Gasteiger partial charge is 0.379 e. The molecule has 0 radical (unpaired) electrons. The molecule has 2 aliphatic heterocycles. The number of ether oxygens (including phenoxy) is 1. The van der Waals surface area contributed by atoms with E-state index in [1.165, 1.54) is 32.4 Å². The molecule has 6 heteroatoms. The zero-order valence-electron chi connectivity index (χ0n) is 15.5. The first-order valence-electron chi connectivity index (χ1n) is 9.84. The van der Waals surface area contributed by atoms with Crippen LogP contribution in [0.1, 0.15) is 33.1 Å². The highest BCUT2D eigenvalue weighted by Crippen LogP contribution is 2.31. The zero-order valence-corrected chi connectivity index (χ0v) is 15.5. The topological polar surface area (TPSA) is 52.1 Å². The van der Waals surface area contributed by atoms with Gasteiger partial charge in [0.1, 0.15) is 0 Å². The molecule has 2 unspecified atom stereocenters. The lowest BCUT2D eigenvalue weighted by molar-refractivity contribution is 0.0220. The molecule has 1 aliphatic carbocycles. The van der Waals surface area contributed by atoms with Crippen molar-refractivity contribution in [2.24, 2.45) is 10.9 Å². The number of nitrogens with one attached hydrogen (secondary N) is 2. The van der Waals surface area contributed by atoms with E-state index >= 15 is 0 Å². The molecule has 0 aromatic heterocycles. The monoisotopic (exact) mass is 337 g/mol. The predicted octanol–water partition coefficient (Wildman–Crippen LogP) is 0.747. The predicted molar refractivity (Wildman–Crippen MR) is 98.5 cm³/mol. The molecule has 0 amide bonds. The van der Waals surface area contributed by atoms with Crippen molar-refractivity contribution in [2.45, 2.75) is 45.2 Å². The quantitative estimate of drug-likeness (QED) is 0.530. The van der Waals surface area contributed by atoms with Gasteiger partial charge >= 0.3 is 0 Å². The summed E-state index contributed by atoms with van der Waals surface area (Å²) in [7, 11) is 0. The third-order valence-electron chi connectivity index (χ3n) is 5.47. The van der Waals surface area contributed by atoms with Crippen LogP contribution >= 0.6 is 0 Å². The minimum atomic E-state index is 0.473. The Bertz CT molecular complexity index is 406. The molecule has 2 N–H and O–H groups in total. The van der Waals surface area contributed by atoms with Crippen LogP contribution in [0.5, 0.6) is 0 Å². The van der Waals surface area contributed by atoms with Crippen LogP contribution in [0.2, 0.25) is 0 Å². The normalized spacial score (nSPS) is 28.1. The lowest BCUT2D eigenvalue weighted by atomic mass is 10.1. The number of nitrogens with zero attached hydrogens (tertiary/aromatic N) is 3. The highest BCUT2D eigenvalue weighted by molar-refractivity contribution is 5.79. The Morgan fingerprint density at radius 1 is 1.17 bits per heavy atom. The minimum absolute atomic E-state index is 0.473. The second-order valence-corrected chi connectivity index (χ2v) is 7.48. The summed E-state index contributed by atoms with van der Waals surface area (Å²) in [6.45, 7) is 13.5. The first kappa shape index (κ1) is 18.0. The van der Waals surface area contributed by atoms with E-state index in [-0.39, 0.29) is 0 Å². The van der Waals surface area contributed by atoms with E-state index in [0.717, 1.165) is 63.9 Å². The van der Waals surface area contributed by atoms with E-state index in [0.29, 0.717) is 6.04 Å².